The number of aromatic nitrogens is 3. The summed E-state index contributed by atoms with van der Waals surface area (Å²) in [7, 11) is 0. The zero-order valence-corrected chi connectivity index (χ0v) is 19.7. The molecule has 1 amide bonds. The molecule has 1 saturated carbocycles. The monoisotopic (exact) mass is 477 g/mol. The van der Waals surface area contributed by atoms with Crippen molar-refractivity contribution in [1.29, 1.82) is 0 Å². The molecule has 8 nitrogen and oxygen atoms in total. The van der Waals surface area contributed by atoms with E-state index >= 15 is 0 Å². The van der Waals surface area contributed by atoms with Crippen LogP contribution in [0.5, 0.6) is 5.75 Å². The molecule has 3 aliphatic heterocycles. The van der Waals surface area contributed by atoms with Gasteiger partial charge in [-0.2, -0.15) is 0 Å². The van der Waals surface area contributed by atoms with Gasteiger partial charge in [-0.1, -0.05) is 0 Å². The Balaban J connectivity index is 1.10. The maximum atomic E-state index is 14.7. The number of nitrogens with zero attached hydrogens (tertiary/aromatic N) is 3. The number of pyridine rings is 3. The first-order valence-electron chi connectivity index (χ1n) is 12.1. The molecule has 4 aliphatic rings. The van der Waals surface area contributed by atoms with E-state index in [-0.39, 0.29) is 29.5 Å². The number of carbonyl (C=O) groups excluding carboxylic acids is 1. The van der Waals surface area contributed by atoms with E-state index in [9.17, 15) is 9.18 Å². The van der Waals surface area contributed by atoms with Gasteiger partial charge in [-0.15, -0.1) is 0 Å². The third-order valence-electron chi connectivity index (χ3n) is 7.71. The summed E-state index contributed by atoms with van der Waals surface area (Å²) < 4.78 is 26.5. The molecule has 0 atom stereocenters. The van der Waals surface area contributed by atoms with Gasteiger partial charge in [-0.25, -0.2) is 4.39 Å². The van der Waals surface area contributed by atoms with E-state index in [1.165, 1.54) is 6.20 Å². The zero-order chi connectivity index (χ0) is 24.0. The molecule has 0 spiro atoms. The lowest BCUT2D eigenvalue weighted by Crippen LogP contribution is -2.61. The van der Waals surface area contributed by atoms with Crippen LogP contribution in [0.2, 0.25) is 0 Å². The number of hydrogen-bond donors (Lipinski definition) is 2. The van der Waals surface area contributed by atoms with Crippen LogP contribution in [0.4, 0.5) is 10.1 Å². The quantitative estimate of drug-likeness (QED) is 0.560. The SMILES string of the molecule is Cc1ccc2ncc(F)c(CCC34CCC(NCc5cc6c(cn5)OCC(=O)N6)(CC3)CO4)c2n1. The molecule has 2 N–H and O–H groups in total. The Hall–Kier alpha value is -3.17. The minimum atomic E-state index is -0.297. The molecule has 7 rings (SSSR count). The van der Waals surface area contributed by atoms with Crippen LogP contribution in [0.15, 0.2) is 30.6 Å². The number of ether oxygens (including phenoxy) is 2. The van der Waals surface area contributed by atoms with Gasteiger partial charge in [0.2, 0.25) is 0 Å². The topological polar surface area (TPSA) is 98.3 Å². The van der Waals surface area contributed by atoms with Crippen LogP contribution in [0.3, 0.4) is 0 Å². The molecular formula is C26H28FN5O3. The second-order valence-electron chi connectivity index (χ2n) is 10.0. The summed E-state index contributed by atoms with van der Waals surface area (Å²) in [5, 5.41) is 6.50. The van der Waals surface area contributed by atoms with Crippen molar-refractivity contribution in [1.82, 2.24) is 20.3 Å². The summed E-state index contributed by atoms with van der Waals surface area (Å²) >= 11 is 0. The van der Waals surface area contributed by atoms with Gasteiger partial charge in [-0.3, -0.25) is 19.7 Å². The van der Waals surface area contributed by atoms with E-state index in [1.807, 2.05) is 25.1 Å². The van der Waals surface area contributed by atoms with E-state index < -0.39 is 0 Å². The highest BCUT2D eigenvalue weighted by Crippen LogP contribution is 2.46. The first-order chi connectivity index (χ1) is 16.9. The maximum Gasteiger partial charge on any atom is 0.262 e. The largest absolute Gasteiger partial charge is 0.480 e. The molecule has 1 aliphatic carbocycles. The fourth-order valence-electron chi connectivity index (χ4n) is 5.50. The molecule has 2 saturated heterocycles. The summed E-state index contributed by atoms with van der Waals surface area (Å²) in [5.74, 6) is 0.142. The standard InChI is InChI=1S/C26H28FN5O3/c1-16-2-3-20-24(31-16)18(19(27)12-29-20)4-5-26-8-6-25(7-9-26,15-35-26)30-11-17-10-21-22(13-28-17)34-14-23(33)32-21/h2-3,10,12-13,30H,4-9,11,14-15H2,1H3,(H,32,33). The van der Waals surface area contributed by atoms with Gasteiger partial charge in [0.1, 0.15) is 5.82 Å². The van der Waals surface area contributed by atoms with Crippen molar-refractivity contribution in [3.05, 3.63) is 53.4 Å². The van der Waals surface area contributed by atoms with Gasteiger partial charge in [0.15, 0.2) is 12.4 Å². The van der Waals surface area contributed by atoms with Crippen LogP contribution in [0.1, 0.15) is 49.1 Å². The Labute approximate surface area is 202 Å². The summed E-state index contributed by atoms with van der Waals surface area (Å²) in [6.45, 7) is 3.14. The lowest BCUT2D eigenvalue weighted by Gasteiger charge is -2.53. The first kappa shape index (κ1) is 22.3. The molecule has 3 aromatic heterocycles. The van der Waals surface area contributed by atoms with Crippen LogP contribution in [0, 0.1) is 12.7 Å². The van der Waals surface area contributed by atoms with Crippen molar-refractivity contribution < 1.29 is 18.7 Å². The molecule has 182 valence electrons. The van der Waals surface area contributed by atoms with E-state index in [1.54, 1.807) is 6.20 Å². The fourth-order valence-corrected chi connectivity index (χ4v) is 5.50. The van der Waals surface area contributed by atoms with Crippen molar-refractivity contribution in [2.24, 2.45) is 0 Å². The number of anilines is 1. The average Bonchev–Trinajstić information content (AvgIpc) is 2.88. The van der Waals surface area contributed by atoms with Gasteiger partial charge < -0.3 is 20.1 Å². The van der Waals surface area contributed by atoms with Crippen molar-refractivity contribution in [2.45, 2.75) is 63.1 Å². The Morgan fingerprint density at radius 3 is 2.83 bits per heavy atom. The van der Waals surface area contributed by atoms with Gasteiger partial charge in [-0.05, 0) is 63.6 Å². The van der Waals surface area contributed by atoms with E-state index in [0.29, 0.717) is 42.1 Å². The van der Waals surface area contributed by atoms with Crippen LogP contribution >= 0.6 is 0 Å². The van der Waals surface area contributed by atoms with Gasteiger partial charge in [0.25, 0.3) is 5.91 Å². The van der Waals surface area contributed by atoms with Crippen molar-refractivity contribution in [2.75, 3.05) is 18.5 Å². The predicted molar refractivity (Wildman–Crippen MR) is 128 cm³/mol. The summed E-state index contributed by atoms with van der Waals surface area (Å²) in [5.41, 5.74) is 4.06. The lowest BCUT2D eigenvalue weighted by atomic mass is 9.69. The van der Waals surface area contributed by atoms with E-state index in [0.717, 1.165) is 49.0 Å². The Morgan fingerprint density at radius 1 is 1.17 bits per heavy atom. The minimum Gasteiger partial charge on any atom is -0.480 e. The van der Waals surface area contributed by atoms with E-state index in [2.05, 4.69) is 25.6 Å². The van der Waals surface area contributed by atoms with Crippen molar-refractivity contribution in [3.63, 3.8) is 0 Å². The van der Waals surface area contributed by atoms with Gasteiger partial charge in [0.05, 0.1) is 47.0 Å². The van der Waals surface area contributed by atoms with Crippen LogP contribution in [-0.2, 0) is 22.5 Å². The first-order valence-corrected chi connectivity index (χ1v) is 12.1. The third kappa shape index (κ3) is 4.23. The number of fused-ring (bicyclic) bond motifs is 5. The second-order valence-corrected chi connectivity index (χ2v) is 10.0. The second kappa shape index (κ2) is 8.49. The molecule has 6 heterocycles. The normalized spacial score (nSPS) is 25.3. The number of aryl methyl sites for hydroxylation is 2. The molecule has 2 bridgehead atoms. The Morgan fingerprint density at radius 2 is 2.03 bits per heavy atom. The highest BCUT2D eigenvalue weighted by Gasteiger charge is 2.49. The summed E-state index contributed by atoms with van der Waals surface area (Å²) in [6, 6.07) is 5.66. The van der Waals surface area contributed by atoms with Crippen LogP contribution in [0.25, 0.3) is 11.0 Å². The van der Waals surface area contributed by atoms with Gasteiger partial charge >= 0.3 is 0 Å². The number of nitrogens with one attached hydrogen (secondary N) is 2. The smallest absolute Gasteiger partial charge is 0.262 e. The number of amides is 1. The highest BCUT2D eigenvalue weighted by atomic mass is 19.1. The van der Waals surface area contributed by atoms with Crippen molar-refractivity contribution in [3.8, 4) is 5.75 Å². The number of hydrogen-bond acceptors (Lipinski definition) is 7. The van der Waals surface area contributed by atoms with E-state index in [4.69, 9.17) is 9.47 Å². The maximum absolute atomic E-state index is 14.7. The van der Waals surface area contributed by atoms with Crippen LogP contribution < -0.4 is 15.4 Å². The van der Waals surface area contributed by atoms with Crippen LogP contribution in [-0.4, -0.2) is 45.2 Å². The molecule has 0 unspecified atom stereocenters. The van der Waals surface area contributed by atoms with Gasteiger partial charge in [0, 0.05) is 23.3 Å². The van der Waals surface area contributed by atoms with Crippen molar-refractivity contribution >= 4 is 22.6 Å². The Bertz CT molecular complexity index is 1280. The average molecular weight is 478 g/mol. The lowest BCUT2D eigenvalue weighted by molar-refractivity contribution is -0.165. The molecule has 3 aromatic rings. The summed E-state index contributed by atoms with van der Waals surface area (Å²) in [6.07, 6.45) is 8.15. The molecular weight excluding hydrogens is 449 g/mol. The molecule has 3 fully saturated rings. The summed E-state index contributed by atoms with van der Waals surface area (Å²) in [4.78, 5) is 24.8. The fraction of sp³-hybridized carbons (Fsp3) is 0.462. The Kier molecular flexibility index (Phi) is 5.41. The molecule has 0 radical (unpaired) electrons. The molecule has 35 heavy (non-hydrogen) atoms. The number of halogens is 1. The highest BCUT2D eigenvalue weighted by molar-refractivity contribution is 5.95. The molecule has 0 aromatic carbocycles. The third-order valence-corrected chi connectivity index (χ3v) is 7.71. The number of carbonyl (C=O) groups is 1. The zero-order valence-electron chi connectivity index (χ0n) is 19.7. The number of rotatable bonds is 6. The molecule has 9 heteroatoms. The predicted octanol–water partition coefficient (Wildman–Crippen LogP) is 3.61. The minimum absolute atomic E-state index is 0.0225.